The number of rotatable bonds is 4. The maximum atomic E-state index is 13.8. The molecular weight excluding hydrogens is 432 g/mol. The van der Waals surface area contributed by atoms with Crippen molar-refractivity contribution in [2.75, 3.05) is 24.4 Å². The molecule has 0 saturated carbocycles. The maximum Gasteiger partial charge on any atom is 0.224 e. The molecule has 0 saturated heterocycles. The van der Waals surface area contributed by atoms with Gasteiger partial charge in [-0.2, -0.15) is 0 Å². The van der Waals surface area contributed by atoms with Crippen molar-refractivity contribution in [2.45, 2.75) is 25.3 Å². The lowest BCUT2D eigenvalue weighted by Crippen LogP contribution is -2.41. The Labute approximate surface area is 198 Å². The Morgan fingerprint density at radius 3 is 2.56 bits per heavy atom. The number of fused-ring (bicyclic) bond motifs is 2. The molecule has 2 aliphatic rings. The second-order valence-corrected chi connectivity index (χ2v) is 8.48. The Morgan fingerprint density at radius 1 is 1.06 bits per heavy atom. The van der Waals surface area contributed by atoms with E-state index in [1.165, 1.54) is 6.92 Å². The molecule has 1 N–H and O–H groups in total. The van der Waals surface area contributed by atoms with Gasteiger partial charge in [-0.15, -0.1) is 0 Å². The van der Waals surface area contributed by atoms with Gasteiger partial charge >= 0.3 is 0 Å². The minimum atomic E-state index is -0.583. The van der Waals surface area contributed by atoms with Gasteiger partial charge in [0.1, 0.15) is 11.5 Å². The highest BCUT2D eigenvalue weighted by Crippen LogP contribution is 2.48. The Kier molecular flexibility index (Phi) is 5.61. The summed E-state index contributed by atoms with van der Waals surface area (Å²) in [5.74, 6) is 0.975. The summed E-state index contributed by atoms with van der Waals surface area (Å²) in [4.78, 5) is 28.6. The van der Waals surface area contributed by atoms with Gasteiger partial charge in [-0.05, 0) is 42.0 Å². The van der Waals surface area contributed by atoms with Crippen LogP contribution in [0.3, 0.4) is 0 Å². The van der Waals surface area contributed by atoms with Crippen LogP contribution in [-0.4, -0.2) is 25.9 Å². The summed E-state index contributed by atoms with van der Waals surface area (Å²) in [6.45, 7) is 1.53. The standard InChI is InChI=1S/C27H26N2O5/c1-16(30)29-21-8-5-4-7-19(21)28-20-13-18(23-9-6-12-34-23)14-22(31)26(20)27(29)17-10-11-24(32-2)25(15-17)33-3/h4-13,15,18,26-28H,14H2,1-3H3. The largest absolute Gasteiger partial charge is 0.493 e. The molecule has 3 atom stereocenters. The van der Waals surface area contributed by atoms with E-state index in [0.717, 1.165) is 22.7 Å². The molecule has 0 spiro atoms. The normalized spacial score (nSPS) is 21.5. The lowest BCUT2D eigenvalue weighted by atomic mass is 9.77. The molecule has 7 heteroatoms. The third-order valence-corrected chi connectivity index (χ3v) is 6.52. The molecule has 174 valence electrons. The summed E-state index contributed by atoms with van der Waals surface area (Å²) in [5.41, 5.74) is 3.03. The van der Waals surface area contributed by atoms with Crippen molar-refractivity contribution in [3.8, 4) is 11.5 Å². The lowest BCUT2D eigenvalue weighted by molar-refractivity contribution is -0.123. The summed E-state index contributed by atoms with van der Waals surface area (Å²) >= 11 is 0. The molecular formula is C27H26N2O5. The van der Waals surface area contributed by atoms with E-state index in [9.17, 15) is 9.59 Å². The minimum Gasteiger partial charge on any atom is -0.493 e. The molecule has 1 aliphatic heterocycles. The van der Waals surface area contributed by atoms with Crippen LogP contribution in [0.15, 0.2) is 77.1 Å². The summed E-state index contributed by atoms with van der Waals surface area (Å²) in [5, 5.41) is 3.47. The number of hydrogen-bond acceptors (Lipinski definition) is 6. The fourth-order valence-electron chi connectivity index (χ4n) is 5.03. The molecule has 3 unspecified atom stereocenters. The van der Waals surface area contributed by atoms with Gasteiger partial charge in [0.2, 0.25) is 5.91 Å². The summed E-state index contributed by atoms with van der Waals surface area (Å²) in [7, 11) is 3.14. The summed E-state index contributed by atoms with van der Waals surface area (Å²) < 4.78 is 16.6. The Bertz CT molecular complexity index is 1260. The molecule has 1 amide bonds. The number of furan rings is 1. The van der Waals surface area contributed by atoms with Crippen LogP contribution in [0.2, 0.25) is 0 Å². The third kappa shape index (κ3) is 3.63. The smallest absolute Gasteiger partial charge is 0.224 e. The third-order valence-electron chi connectivity index (χ3n) is 6.52. The van der Waals surface area contributed by atoms with Crippen molar-refractivity contribution >= 4 is 23.1 Å². The van der Waals surface area contributed by atoms with Gasteiger partial charge in [0.25, 0.3) is 0 Å². The number of benzene rings is 2. The first-order valence-corrected chi connectivity index (χ1v) is 11.2. The molecule has 2 heterocycles. The van der Waals surface area contributed by atoms with Crippen LogP contribution < -0.4 is 19.7 Å². The summed E-state index contributed by atoms with van der Waals surface area (Å²) in [6.07, 6.45) is 3.96. The maximum absolute atomic E-state index is 13.8. The van der Waals surface area contributed by atoms with Gasteiger partial charge in [0.15, 0.2) is 11.5 Å². The Hall–Kier alpha value is -4.00. The number of anilines is 2. The second-order valence-electron chi connectivity index (χ2n) is 8.48. The van der Waals surface area contributed by atoms with Crippen LogP contribution in [0.5, 0.6) is 11.5 Å². The molecule has 0 bridgehead atoms. The molecule has 5 rings (SSSR count). The van der Waals surface area contributed by atoms with Crippen LogP contribution in [-0.2, 0) is 9.59 Å². The first-order chi connectivity index (χ1) is 16.5. The zero-order chi connectivity index (χ0) is 23.8. The van der Waals surface area contributed by atoms with Crippen LogP contribution >= 0.6 is 0 Å². The molecule has 3 aromatic rings. The predicted octanol–water partition coefficient (Wildman–Crippen LogP) is 5.07. The number of hydrogen-bond donors (Lipinski definition) is 1. The van der Waals surface area contributed by atoms with Crippen molar-refractivity contribution in [1.29, 1.82) is 0 Å². The SMILES string of the molecule is COc1ccc(C2C3C(=O)CC(c4ccco4)C=C3Nc3ccccc3N2C(C)=O)cc1OC. The van der Waals surface area contributed by atoms with Crippen LogP contribution in [0.1, 0.15) is 36.6 Å². The number of carbonyl (C=O) groups excluding carboxylic acids is 2. The highest BCUT2D eigenvalue weighted by atomic mass is 16.5. The number of ether oxygens (including phenoxy) is 2. The molecule has 0 fully saturated rings. The highest BCUT2D eigenvalue weighted by molar-refractivity contribution is 6.00. The van der Waals surface area contributed by atoms with E-state index < -0.39 is 12.0 Å². The monoisotopic (exact) mass is 458 g/mol. The van der Waals surface area contributed by atoms with Gasteiger partial charge in [-0.3, -0.25) is 9.59 Å². The zero-order valence-electron chi connectivity index (χ0n) is 19.3. The van der Waals surface area contributed by atoms with E-state index in [0.29, 0.717) is 17.2 Å². The van der Waals surface area contributed by atoms with Crippen LogP contribution in [0, 0.1) is 5.92 Å². The minimum absolute atomic E-state index is 0.0326. The molecule has 1 aromatic heterocycles. The van der Waals surface area contributed by atoms with E-state index in [2.05, 4.69) is 11.4 Å². The first kappa shape index (κ1) is 21.8. The van der Waals surface area contributed by atoms with Crippen LogP contribution in [0.25, 0.3) is 0 Å². The number of nitrogens with zero attached hydrogens (tertiary/aromatic N) is 1. The number of carbonyl (C=O) groups is 2. The van der Waals surface area contributed by atoms with E-state index in [1.54, 1.807) is 31.4 Å². The van der Waals surface area contributed by atoms with E-state index in [4.69, 9.17) is 13.9 Å². The zero-order valence-corrected chi connectivity index (χ0v) is 19.3. The second kappa shape index (κ2) is 8.74. The van der Waals surface area contributed by atoms with Gasteiger partial charge in [-0.1, -0.05) is 24.3 Å². The van der Waals surface area contributed by atoms with Crippen molar-refractivity contribution in [3.63, 3.8) is 0 Å². The van der Waals surface area contributed by atoms with Crippen molar-refractivity contribution in [3.05, 3.63) is 84.0 Å². The van der Waals surface area contributed by atoms with Gasteiger partial charge < -0.3 is 24.1 Å². The number of allylic oxidation sites excluding steroid dienone is 1. The van der Waals surface area contributed by atoms with Crippen LogP contribution in [0.4, 0.5) is 11.4 Å². The predicted molar refractivity (Wildman–Crippen MR) is 128 cm³/mol. The average Bonchev–Trinajstić information content (AvgIpc) is 3.33. The van der Waals surface area contributed by atoms with Gasteiger partial charge in [-0.25, -0.2) is 0 Å². The molecule has 2 aromatic carbocycles. The first-order valence-electron chi connectivity index (χ1n) is 11.2. The fraction of sp³-hybridized carbons (Fsp3) is 0.259. The average molecular weight is 459 g/mol. The number of amides is 1. The van der Waals surface area contributed by atoms with E-state index >= 15 is 0 Å². The van der Waals surface area contributed by atoms with E-state index in [-0.39, 0.29) is 24.0 Å². The molecule has 1 aliphatic carbocycles. The molecule has 7 nitrogen and oxygen atoms in total. The number of para-hydroxylation sites is 2. The number of Topliss-reactive ketones (excluding diaryl/α,β-unsaturated/α-hetero) is 1. The number of methoxy groups -OCH3 is 2. The number of ketones is 1. The Balaban J connectivity index is 1.73. The van der Waals surface area contributed by atoms with E-state index in [1.807, 2.05) is 48.5 Å². The molecule has 0 radical (unpaired) electrons. The van der Waals surface area contributed by atoms with Crippen molar-refractivity contribution in [2.24, 2.45) is 5.92 Å². The number of nitrogens with one attached hydrogen (secondary N) is 1. The van der Waals surface area contributed by atoms with Gasteiger partial charge in [0.05, 0.1) is 43.8 Å². The summed E-state index contributed by atoms with van der Waals surface area (Å²) in [6, 6.07) is 16.3. The fourth-order valence-corrected chi connectivity index (χ4v) is 5.03. The van der Waals surface area contributed by atoms with Crippen molar-refractivity contribution < 1.29 is 23.5 Å². The Morgan fingerprint density at radius 2 is 1.85 bits per heavy atom. The highest BCUT2D eigenvalue weighted by Gasteiger charge is 2.44. The lowest BCUT2D eigenvalue weighted by Gasteiger charge is -2.37. The quantitative estimate of drug-likeness (QED) is 0.588. The molecule has 34 heavy (non-hydrogen) atoms. The van der Waals surface area contributed by atoms with Gasteiger partial charge in [0, 0.05) is 25.0 Å². The topological polar surface area (TPSA) is 81.0 Å². The van der Waals surface area contributed by atoms with Crippen molar-refractivity contribution in [1.82, 2.24) is 0 Å².